The maximum atomic E-state index is 12.9. The van der Waals surface area contributed by atoms with Crippen molar-refractivity contribution in [1.82, 2.24) is 5.32 Å². The number of benzene rings is 1. The fraction of sp³-hybridized carbons (Fsp3) is 0.679. The van der Waals surface area contributed by atoms with Crippen molar-refractivity contribution in [2.24, 2.45) is 28.9 Å². The van der Waals surface area contributed by atoms with Gasteiger partial charge in [-0.15, -0.1) is 0 Å². The molecule has 1 heterocycles. The van der Waals surface area contributed by atoms with Crippen LogP contribution in [0.4, 0.5) is 0 Å². The minimum absolute atomic E-state index is 0.00681. The molecule has 0 saturated heterocycles. The molecule has 3 saturated carbocycles. The van der Waals surface area contributed by atoms with Crippen molar-refractivity contribution in [2.45, 2.75) is 83.0 Å². The Morgan fingerprint density at radius 3 is 2.68 bits per heavy atom. The summed E-state index contributed by atoms with van der Waals surface area (Å²) in [6.07, 6.45) is 2.32. The average Bonchev–Trinajstić information content (AvgIpc) is 3.07. The molecule has 1 spiro atoms. The van der Waals surface area contributed by atoms with Crippen LogP contribution in [0.2, 0.25) is 0 Å². The Hall–Kier alpha value is -2.81. The lowest BCUT2D eigenvalue weighted by Gasteiger charge is -2.66. The Morgan fingerprint density at radius 2 is 2.03 bits per heavy atom. The van der Waals surface area contributed by atoms with Gasteiger partial charge in [0.25, 0.3) is 0 Å². The summed E-state index contributed by atoms with van der Waals surface area (Å²) in [4.78, 5) is 36.7. The zero-order chi connectivity index (χ0) is 26.7. The van der Waals surface area contributed by atoms with Crippen LogP contribution < -0.4 is 20.5 Å². The number of nitrogens with two attached hydrogens (primary N) is 1. The van der Waals surface area contributed by atoms with Crippen LogP contribution in [0, 0.1) is 23.2 Å². The minimum atomic E-state index is -1.10. The molecule has 4 aliphatic carbocycles. The van der Waals surface area contributed by atoms with Gasteiger partial charge >= 0.3 is 11.9 Å². The number of aliphatic carboxylic acids is 1. The molecular weight excluding hydrogens is 476 g/mol. The summed E-state index contributed by atoms with van der Waals surface area (Å²) in [7, 11) is 1.64. The van der Waals surface area contributed by atoms with Crippen molar-refractivity contribution in [3.63, 3.8) is 0 Å². The van der Waals surface area contributed by atoms with Crippen LogP contribution in [-0.4, -0.2) is 54.9 Å². The fourth-order valence-electron chi connectivity index (χ4n) is 8.11. The zero-order valence-electron chi connectivity index (χ0n) is 22.0. The first-order valence-corrected chi connectivity index (χ1v) is 13.4. The molecule has 1 amide bonds. The third-order valence-corrected chi connectivity index (χ3v) is 9.38. The molecule has 0 aromatic heterocycles. The van der Waals surface area contributed by atoms with Crippen molar-refractivity contribution in [3.05, 3.63) is 23.3 Å². The van der Waals surface area contributed by atoms with E-state index >= 15 is 0 Å². The first kappa shape index (κ1) is 25.8. The Balaban J connectivity index is 1.35. The van der Waals surface area contributed by atoms with E-state index in [0.29, 0.717) is 30.6 Å². The molecule has 1 aromatic rings. The van der Waals surface area contributed by atoms with E-state index in [9.17, 15) is 19.5 Å². The highest BCUT2D eigenvalue weighted by Crippen LogP contribution is 2.75. The Labute approximate surface area is 217 Å². The van der Waals surface area contributed by atoms with Crippen LogP contribution in [-0.2, 0) is 31.0 Å². The summed E-state index contributed by atoms with van der Waals surface area (Å²) in [5.41, 5.74) is 8.61. The van der Waals surface area contributed by atoms with Crippen LogP contribution in [0.5, 0.6) is 11.5 Å². The van der Waals surface area contributed by atoms with Gasteiger partial charge in [-0.3, -0.25) is 9.59 Å². The molecule has 3 fully saturated rings. The van der Waals surface area contributed by atoms with Gasteiger partial charge in [-0.25, -0.2) is 4.79 Å². The highest BCUT2D eigenvalue weighted by Gasteiger charge is 2.75. The van der Waals surface area contributed by atoms with Crippen molar-refractivity contribution in [3.8, 4) is 11.5 Å². The summed E-state index contributed by atoms with van der Waals surface area (Å²) >= 11 is 0. The van der Waals surface area contributed by atoms with Gasteiger partial charge in [0.05, 0.1) is 13.5 Å². The van der Waals surface area contributed by atoms with Crippen LogP contribution in [0.25, 0.3) is 0 Å². The quantitative estimate of drug-likeness (QED) is 0.428. The molecule has 5 aliphatic rings. The molecule has 7 atom stereocenters. The van der Waals surface area contributed by atoms with Crippen molar-refractivity contribution >= 4 is 17.8 Å². The Bertz CT molecular complexity index is 1120. The van der Waals surface area contributed by atoms with E-state index in [0.717, 1.165) is 25.0 Å². The van der Waals surface area contributed by atoms with E-state index in [1.165, 1.54) is 11.1 Å². The predicted octanol–water partition coefficient (Wildman–Crippen LogP) is 2.56. The van der Waals surface area contributed by atoms with Gasteiger partial charge in [-0.05, 0) is 67.0 Å². The van der Waals surface area contributed by atoms with E-state index < -0.39 is 30.0 Å². The van der Waals surface area contributed by atoms with Crippen LogP contribution in [0.1, 0.15) is 64.0 Å². The van der Waals surface area contributed by atoms with E-state index in [2.05, 4.69) is 18.3 Å². The minimum Gasteiger partial charge on any atom is -0.493 e. The lowest BCUT2D eigenvalue weighted by Crippen LogP contribution is -2.69. The standard InChI is InChI=1S/C28H38N2O7/c1-14(2)22(26(33)34)30-19(31)7-8-20(32)36-18-9-10-27(13-29)12-28-21-16(11-15(3)24(27)28)5-6-17(35-4)23(21)37-25(18)28/h5-6,14-15,18,22,24-25H,7-13,29H2,1-4H3,(H,30,31)(H,33,34)/t15-,18+,22+,24?,25+,27?,28-/m1/s1. The van der Waals surface area contributed by atoms with Crippen molar-refractivity contribution < 1.29 is 33.7 Å². The molecule has 2 bridgehead atoms. The molecule has 9 nitrogen and oxygen atoms in total. The van der Waals surface area contributed by atoms with Crippen LogP contribution >= 0.6 is 0 Å². The number of rotatable bonds is 9. The summed E-state index contributed by atoms with van der Waals surface area (Å²) in [6.45, 7) is 6.33. The molecule has 0 radical (unpaired) electrons. The van der Waals surface area contributed by atoms with Gasteiger partial charge < -0.3 is 30.4 Å². The molecule has 1 aromatic carbocycles. The third-order valence-electron chi connectivity index (χ3n) is 9.38. The number of carboxylic acid groups (broad SMARTS) is 1. The molecule has 6 rings (SSSR count). The molecular formula is C28H38N2O7. The van der Waals surface area contributed by atoms with Gasteiger partial charge in [-0.2, -0.15) is 0 Å². The average molecular weight is 515 g/mol. The number of ether oxygens (including phenoxy) is 3. The van der Waals surface area contributed by atoms with Crippen molar-refractivity contribution in [1.29, 1.82) is 0 Å². The first-order chi connectivity index (χ1) is 17.6. The van der Waals surface area contributed by atoms with Crippen LogP contribution in [0.3, 0.4) is 0 Å². The number of esters is 1. The number of methoxy groups -OCH3 is 1. The first-order valence-electron chi connectivity index (χ1n) is 13.4. The Kier molecular flexibility index (Phi) is 6.41. The zero-order valence-corrected chi connectivity index (χ0v) is 22.0. The SMILES string of the molecule is COc1ccc2c3c1O[C@H]1[C@@H](OC(=O)CCC(=O)N[C@H](C(=O)O)C(C)C)CCC4(CN)C[C@]31C4[C@H](C)C2. The third kappa shape index (κ3) is 3.80. The summed E-state index contributed by atoms with van der Waals surface area (Å²) in [6, 6.07) is 3.10. The normalized spacial score (nSPS) is 33.4. The maximum absolute atomic E-state index is 12.9. The second-order valence-corrected chi connectivity index (χ2v) is 11.8. The largest absolute Gasteiger partial charge is 0.493 e. The summed E-state index contributed by atoms with van der Waals surface area (Å²) in [5, 5.41) is 11.8. The van der Waals surface area contributed by atoms with Crippen molar-refractivity contribution in [2.75, 3.05) is 13.7 Å². The van der Waals surface area contributed by atoms with Gasteiger partial charge in [0, 0.05) is 17.4 Å². The van der Waals surface area contributed by atoms with E-state index in [-0.39, 0.29) is 35.7 Å². The lowest BCUT2D eigenvalue weighted by atomic mass is 9.37. The van der Waals surface area contributed by atoms with E-state index in [1.807, 2.05) is 6.07 Å². The second kappa shape index (κ2) is 9.19. The Morgan fingerprint density at radius 1 is 1.27 bits per heavy atom. The number of hydrogen-bond acceptors (Lipinski definition) is 7. The predicted molar refractivity (Wildman–Crippen MR) is 134 cm³/mol. The summed E-state index contributed by atoms with van der Waals surface area (Å²) < 4.78 is 18.3. The molecule has 4 N–H and O–H groups in total. The molecule has 9 heteroatoms. The number of fused-ring (bicyclic) bond motifs is 2. The number of carbonyl (C=O) groups is 3. The number of carbonyl (C=O) groups excluding carboxylic acids is 2. The molecule has 37 heavy (non-hydrogen) atoms. The topological polar surface area (TPSA) is 137 Å². The number of hydrogen-bond donors (Lipinski definition) is 3. The maximum Gasteiger partial charge on any atom is 0.326 e. The number of amides is 1. The summed E-state index contributed by atoms with van der Waals surface area (Å²) in [5.74, 6) is -0.106. The lowest BCUT2D eigenvalue weighted by molar-refractivity contribution is -0.164. The van der Waals surface area contributed by atoms with Gasteiger partial charge in [0.15, 0.2) is 11.5 Å². The number of nitrogens with one attached hydrogen (secondary N) is 1. The monoisotopic (exact) mass is 514 g/mol. The van der Waals surface area contributed by atoms with E-state index in [4.69, 9.17) is 19.9 Å². The molecule has 1 aliphatic heterocycles. The molecule has 202 valence electrons. The van der Waals surface area contributed by atoms with Gasteiger partial charge in [0.1, 0.15) is 18.2 Å². The van der Waals surface area contributed by atoms with Gasteiger partial charge in [-0.1, -0.05) is 26.8 Å². The molecule has 2 unspecified atom stereocenters. The van der Waals surface area contributed by atoms with Crippen LogP contribution in [0.15, 0.2) is 12.1 Å². The highest BCUT2D eigenvalue weighted by atomic mass is 16.6. The van der Waals surface area contributed by atoms with E-state index in [1.54, 1.807) is 21.0 Å². The van der Waals surface area contributed by atoms with Gasteiger partial charge in [0.2, 0.25) is 5.91 Å². The number of carboxylic acids is 1. The highest BCUT2D eigenvalue weighted by molar-refractivity contribution is 5.86. The second-order valence-electron chi connectivity index (χ2n) is 11.8. The fourth-order valence-corrected chi connectivity index (χ4v) is 8.11. The smallest absolute Gasteiger partial charge is 0.326 e.